The summed E-state index contributed by atoms with van der Waals surface area (Å²) in [6.07, 6.45) is 2.13. The number of rotatable bonds is 5. The number of thiocarbonyl (C=S) groups is 1. The molecule has 2 N–H and O–H groups in total. The van der Waals surface area contributed by atoms with Crippen LogP contribution >= 0.6 is 12.2 Å². The minimum atomic E-state index is -0.479. The molecule has 6 nitrogen and oxygen atoms in total. The van der Waals surface area contributed by atoms with E-state index in [1.807, 2.05) is 6.92 Å². The SMILES string of the molecule is CCCCC(=O)NC(=S)Nc1cc([N+](=O)[O-])ccc1C. The van der Waals surface area contributed by atoms with Gasteiger partial charge in [0.05, 0.1) is 4.92 Å². The Balaban J connectivity index is 2.68. The van der Waals surface area contributed by atoms with Gasteiger partial charge in [0.15, 0.2) is 5.11 Å². The van der Waals surface area contributed by atoms with Crippen LogP contribution in [0.2, 0.25) is 0 Å². The summed E-state index contributed by atoms with van der Waals surface area (Å²) >= 11 is 5.02. The van der Waals surface area contributed by atoms with Crippen molar-refractivity contribution in [3.63, 3.8) is 0 Å². The molecular weight excluding hydrogens is 278 g/mol. The van der Waals surface area contributed by atoms with Crippen LogP contribution in [0, 0.1) is 17.0 Å². The number of nitrogens with zero attached hydrogens (tertiary/aromatic N) is 1. The van der Waals surface area contributed by atoms with Crippen molar-refractivity contribution >= 4 is 34.6 Å². The lowest BCUT2D eigenvalue weighted by Crippen LogP contribution is -2.34. The standard InChI is InChI=1S/C13H17N3O3S/c1-3-4-5-12(17)15-13(20)14-11-8-10(16(18)19)7-6-9(11)2/h6-8H,3-5H2,1-2H3,(H2,14,15,17,20). The number of unbranched alkanes of at least 4 members (excludes halogenated alkanes) is 1. The predicted octanol–water partition coefficient (Wildman–Crippen LogP) is 2.91. The Hall–Kier alpha value is -2.02. The van der Waals surface area contributed by atoms with Crippen molar-refractivity contribution in [1.29, 1.82) is 0 Å². The molecule has 1 aromatic carbocycles. The van der Waals surface area contributed by atoms with E-state index >= 15 is 0 Å². The fourth-order valence-corrected chi connectivity index (χ4v) is 1.76. The van der Waals surface area contributed by atoms with Crippen LogP contribution in [0.3, 0.4) is 0 Å². The van der Waals surface area contributed by atoms with Gasteiger partial charge in [0.1, 0.15) is 0 Å². The van der Waals surface area contributed by atoms with Crippen molar-refractivity contribution in [2.24, 2.45) is 0 Å². The van der Waals surface area contributed by atoms with E-state index in [0.717, 1.165) is 18.4 Å². The highest BCUT2D eigenvalue weighted by molar-refractivity contribution is 7.80. The normalized spacial score (nSPS) is 9.90. The van der Waals surface area contributed by atoms with Gasteiger partial charge >= 0.3 is 0 Å². The number of non-ortho nitro benzene ring substituents is 1. The third-order valence-electron chi connectivity index (χ3n) is 2.69. The third kappa shape index (κ3) is 4.93. The van der Waals surface area contributed by atoms with E-state index in [4.69, 9.17) is 12.2 Å². The first kappa shape index (κ1) is 16.0. The van der Waals surface area contributed by atoms with Gasteiger partial charge in [-0.05, 0) is 31.1 Å². The van der Waals surface area contributed by atoms with Gasteiger partial charge in [0.25, 0.3) is 5.69 Å². The van der Waals surface area contributed by atoms with E-state index < -0.39 is 4.92 Å². The summed E-state index contributed by atoms with van der Waals surface area (Å²) in [4.78, 5) is 21.8. The van der Waals surface area contributed by atoms with Crippen LogP contribution in [0.4, 0.5) is 11.4 Å². The lowest BCUT2D eigenvalue weighted by molar-refractivity contribution is -0.384. The first-order valence-electron chi connectivity index (χ1n) is 6.30. The second kappa shape index (κ2) is 7.54. The van der Waals surface area contributed by atoms with Crippen molar-refractivity contribution in [2.45, 2.75) is 33.1 Å². The molecule has 0 fully saturated rings. The zero-order valence-corrected chi connectivity index (χ0v) is 12.3. The molecule has 0 saturated carbocycles. The number of benzene rings is 1. The highest BCUT2D eigenvalue weighted by atomic mass is 32.1. The third-order valence-corrected chi connectivity index (χ3v) is 2.89. The van der Waals surface area contributed by atoms with Crippen LogP contribution in [-0.4, -0.2) is 15.9 Å². The van der Waals surface area contributed by atoms with E-state index in [0.29, 0.717) is 12.1 Å². The minimum absolute atomic E-state index is 0.0294. The molecule has 0 radical (unpaired) electrons. The number of nitro groups is 1. The van der Waals surface area contributed by atoms with Gasteiger partial charge in [0.2, 0.25) is 5.91 Å². The van der Waals surface area contributed by atoms with Gasteiger partial charge in [-0.2, -0.15) is 0 Å². The zero-order valence-electron chi connectivity index (χ0n) is 11.4. The Labute approximate surface area is 122 Å². The summed E-state index contributed by atoms with van der Waals surface area (Å²) in [5.74, 6) is -0.160. The van der Waals surface area contributed by atoms with Crippen LogP contribution in [0.25, 0.3) is 0 Å². The first-order chi connectivity index (χ1) is 9.43. The molecule has 1 rings (SSSR count). The second-order valence-electron chi connectivity index (χ2n) is 4.36. The molecule has 108 valence electrons. The number of carbonyl (C=O) groups excluding carboxylic acids is 1. The Bertz CT molecular complexity index is 532. The largest absolute Gasteiger partial charge is 0.332 e. The van der Waals surface area contributed by atoms with Crippen molar-refractivity contribution < 1.29 is 9.72 Å². The Morgan fingerprint density at radius 2 is 2.15 bits per heavy atom. The van der Waals surface area contributed by atoms with E-state index in [1.165, 1.54) is 12.1 Å². The average Bonchev–Trinajstić information content (AvgIpc) is 2.38. The second-order valence-corrected chi connectivity index (χ2v) is 4.77. The van der Waals surface area contributed by atoms with Gasteiger partial charge in [-0.25, -0.2) is 0 Å². The van der Waals surface area contributed by atoms with Crippen molar-refractivity contribution in [1.82, 2.24) is 5.32 Å². The molecule has 0 saturated heterocycles. The summed E-state index contributed by atoms with van der Waals surface area (Å²) in [5, 5.41) is 16.2. The monoisotopic (exact) mass is 295 g/mol. The highest BCUT2D eigenvalue weighted by Gasteiger charge is 2.10. The minimum Gasteiger partial charge on any atom is -0.332 e. The van der Waals surface area contributed by atoms with Crippen LogP contribution in [-0.2, 0) is 4.79 Å². The molecule has 1 aromatic rings. The topological polar surface area (TPSA) is 84.3 Å². The number of nitrogens with one attached hydrogen (secondary N) is 2. The number of hydrogen-bond acceptors (Lipinski definition) is 4. The quantitative estimate of drug-likeness (QED) is 0.495. The van der Waals surface area contributed by atoms with Crippen LogP contribution < -0.4 is 10.6 Å². The van der Waals surface area contributed by atoms with Crippen LogP contribution in [0.1, 0.15) is 31.7 Å². The summed E-state index contributed by atoms with van der Waals surface area (Å²) in [5.41, 5.74) is 1.29. The molecule has 0 heterocycles. The molecule has 0 spiro atoms. The van der Waals surface area contributed by atoms with Gasteiger partial charge < -0.3 is 10.6 Å². The van der Waals surface area contributed by atoms with Gasteiger partial charge in [-0.15, -0.1) is 0 Å². The maximum absolute atomic E-state index is 11.5. The Morgan fingerprint density at radius 3 is 2.75 bits per heavy atom. The van der Waals surface area contributed by atoms with Crippen molar-refractivity contribution in [3.05, 3.63) is 33.9 Å². The lowest BCUT2D eigenvalue weighted by Gasteiger charge is -2.11. The molecule has 0 unspecified atom stereocenters. The summed E-state index contributed by atoms with van der Waals surface area (Å²) in [6.45, 7) is 3.80. The molecule has 0 atom stereocenters. The molecule has 1 amide bonds. The number of amides is 1. The summed E-state index contributed by atoms with van der Waals surface area (Å²) in [6, 6.07) is 4.44. The van der Waals surface area contributed by atoms with E-state index in [1.54, 1.807) is 13.0 Å². The molecule has 0 aliphatic rings. The number of carbonyl (C=O) groups is 1. The van der Waals surface area contributed by atoms with Crippen LogP contribution in [0.5, 0.6) is 0 Å². The fourth-order valence-electron chi connectivity index (χ4n) is 1.54. The molecular formula is C13H17N3O3S. The number of anilines is 1. The number of hydrogen-bond donors (Lipinski definition) is 2. The summed E-state index contributed by atoms with van der Waals surface area (Å²) in [7, 11) is 0. The van der Waals surface area contributed by atoms with E-state index in [-0.39, 0.29) is 16.7 Å². The fraction of sp³-hybridized carbons (Fsp3) is 0.385. The van der Waals surface area contributed by atoms with Gasteiger partial charge in [-0.1, -0.05) is 19.4 Å². The highest BCUT2D eigenvalue weighted by Crippen LogP contribution is 2.21. The average molecular weight is 295 g/mol. The number of nitro benzene ring substituents is 1. The summed E-state index contributed by atoms with van der Waals surface area (Å²) < 4.78 is 0. The Kier molecular flexibility index (Phi) is 6.05. The lowest BCUT2D eigenvalue weighted by atomic mass is 10.2. The van der Waals surface area contributed by atoms with Crippen LogP contribution in [0.15, 0.2) is 18.2 Å². The molecule has 0 aromatic heterocycles. The molecule has 0 aliphatic heterocycles. The van der Waals surface area contributed by atoms with Gasteiger partial charge in [-0.3, -0.25) is 14.9 Å². The maximum atomic E-state index is 11.5. The smallest absolute Gasteiger partial charge is 0.271 e. The molecule has 0 aliphatic carbocycles. The zero-order chi connectivity index (χ0) is 15.1. The van der Waals surface area contributed by atoms with E-state index in [2.05, 4.69) is 10.6 Å². The Morgan fingerprint density at radius 1 is 1.45 bits per heavy atom. The molecule has 7 heteroatoms. The molecule has 20 heavy (non-hydrogen) atoms. The predicted molar refractivity (Wildman–Crippen MR) is 81.7 cm³/mol. The molecule has 0 bridgehead atoms. The number of aryl methyl sites for hydroxylation is 1. The maximum Gasteiger partial charge on any atom is 0.271 e. The van der Waals surface area contributed by atoms with Crippen molar-refractivity contribution in [3.8, 4) is 0 Å². The van der Waals surface area contributed by atoms with E-state index in [9.17, 15) is 14.9 Å². The van der Waals surface area contributed by atoms with Crippen molar-refractivity contribution in [2.75, 3.05) is 5.32 Å². The van der Waals surface area contributed by atoms with Gasteiger partial charge in [0, 0.05) is 24.2 Å². The first-order valence-corrected chi connectivity index (χ1v) is 6.70.